The number of carbonyl (C=O) groups is 2. The lowest BCUT2D eigenvalue weighted by molar-refractivity contribution is -0.137. The minimum absolute atomic E-state index is 0.0689. The van der Waals surface area contributed by atoms with Gasteiger partial charge < -0.3 is 15.3 Å². The number of hydrogen-bond donors (Lipinski definition) is 2. The fourth-order valence-electron chi connectivity index (χ4n) is 2.07. The van der Waals surface area contributed by atoms with Crippen molar-refractivity contribution in [2.24, 2.45) is 0 Å². The molecule has 1 aliphatic rings. The van der Waals surface area contributed by atoms with E-state index in [2.05, 4.69) is 19.2 Å². The van der Waals surface area contributed by atoms with E-state index in [4.69, 9.17) is 5.11 Å². The summed E-state index contributed by atoms with van der Waals surface area (Å²) >= 11 is 0. The Morgan fingerprint density at radius 1 is 1.40 bits per heavy atom. The van der Waals surface area contributed by atoms with E-state index in [1.165, 1.54) is 4.90 Å². The quantitative estimate of drug-likeness (QED) is 0.868. The second kappa shape index (κ2) is 5.94. The van der Waals surface area contributed by atoms with E-state index in [9.17, 15) is 9.59 Å². The lowest BCUT2D eigenvalue weighted by atomic mass is 10.0. The molecule has 0 spiro atoms. The highest BCUT2D eigenvalue weighted by atomic mass is 16.4. The predicted molar refractivity (Wildman–Crippen MR) is 76.9 cm³/mol. The summed E-state index contributed by atoms with van der Waals surface area (Å²) in [6.45, 7) is 3.92. The van der Waals surface area contributed by atoms with Crippen LogP contribution in [0, 0.1) is 0 Å². The number of carboxylic acid groups (broad SMARTS) is 1. The van der Waals surface area contributed by atoms with E-state index in [-0.39, 0.29) is 18.6 Å². The Balaban J connectivity index is 2.05. The average Bonchev–Trinajstić information content (AvgIpc) is 3.20. The molecule has 1 aromatic rings. The highest BCUT2D eigenvalue weighted by Gasteiger charge is 2.33. The molecule has 1 fully saturated rings. The van der Waals surface area contributed by atoms with Crippen LogP contribution in [0.1, 0.15) is 38.2 Å². The van der Waals surface area contributed by atoms with Crippen LogP contribution in [-0.2, 0) is 4.79 Å². The molecular weight excluding hydrogens is 256 g/mol. The molecule has 108 valence electrons. The fraction of sp³-hybridized carbons (Fsp3) is 0.467. The van der Waals surface area contributed by atoms with Gasteiger partial charge in [0.1, 0.15) is 6.54 Å². The van der Waals surface area contributed by atoms with Crippen molar-refractivity contribution in [2.75, 3.05) is 11.9 Å². The molecule has 0 heterocycles. The Bertz CT molecular complexity index is 510. The number of anilines is 1. The van der Waals surface area contributed by atoms with Gasteiger partial charge in [-0.05, 0) is 36.5 Å². The summed E-state index contributed by atoms with van der Waals surface area (Å²) in [6, 6.07) is 7.37. The van der Waals surface area contributed by atoms with Gasteiger partial charge >= 0.3 is 12.0 Å². The Morgan fingerprint density at radius 2 is 2.10 bits per heavy atom. The number of nitrogens with zero attached hydrogens (tertiary/aromatic N) is 1. The van der Waals surface area contributed by atoms with Crippen molar-refractivity contribution in [3.05, 3.63) is 29.8 Å². The molecule has 0 unspecified atom stereocenters. The molecule has 5 nitrogen and oxygen atoms in total. The summed E-state index contributed by atoms with van der Waals surface area (Å²) in [5.41, 5.74) is 1.84. The van der Waals surface area contributed by atoms with Gasteiger partial charge in [0.25, 0.3) is 0 Å². The van der Waals surface area contributed by atoms with E-state index in [1.54, 1.807) is 0 Å². The Labute approximate surface area is 118 Å². The Kier molecular flexibility index (Phi) is 4.27. The van der Waals surface area contributed by atoms with Gasteiger partial charge in [0.05, 0.1) is 0 Å². The van der Waals surface area contributed by atoms with Crippen molar-refractivity contribution >= 4 is 17.7 Å². The summed E-state index contributed by atoms with van der Waals surface area (Å²) in [5, 5.41) is 11.7. The zero-order valence-electron chi connectivity index (χ0n) is 11.8. The molecule has 5 heteroatoms. The predicted octanol–water partition coefficient (Wildman–Crippen LogP) is 2.89. The van der Waals surface area contributed by atoms with Crippen molar-refractivity contribution in [1.82, 2.24) is 4.90 Å². The maximum atomic E-state index is 12.2. The van der Waals surface area contributed by atoms with Gasteiger partial charge in [-0.2, -0.15) is 0 Å². The van der Waals surface area contributed by atoms with E-state index < -0.39 is 5.97 Å². The highest BCUT2D eigenvalue weighted by molar-refractivity contribution is 5.91. The number of nitrogens with one attached hydrogen (secondary N) is 1. The SMILES string of the molecule is CC(C)c1cccc(NC(=O)N(CC(=O)O)C2CC2)c1. The van der Waals surface area contributed by atoms with Crippen molar-refractivity contribution in [3.8, 4) is 0 Å². The fourth-order valence-corrected chi connectivity index (χ4v) is 2.07. The average molecular weight is 276 g/mol. The standard InChI is InChI=1S/C15H20N2O3/c1-10(2)11-4-3-5-12(8-11)16-15(20)17(9-14(18)19)13-6-7-13/h3-5,8,10,13H,6-7,9H2,1-2H3,(H,16,20)(H,18,19). The molecule has 0 atom stereocenters. The number of carbonyl (C=O) groups excluding carboxylic acids is 1. The number of aliphatic carboxylic acids is 1. The van der Waals surface area contributed by atoms with Crippen LogP contribution in [-0.4, -0.2) is 34.6 Å². The van der Waals surface area contributed by atoms with Gasteiger partial charge in [0.2, 0.25) is 0 Å². The second-order valence-electron chi connectivity index (χ2n) is 5.46. The van der Waals surface area contributed by atoms with E-state index >= 15 is 0 Å². The van der Waals surface area contributed by atoms with E-state index in [1.807, 2.05) is 24.3 Å². The number of hydrogen-bond acceptors (Lipinski definition) is 2. The monoisotopic (exact) mass is 276 g/mol. The molecule has 20 heavy (non-hydrogen) atoms. The number of rotatable bonds is 5. The number of benzene rings is 1. The summed E-state index contributed by atoms with van der Waals surface area (Å²) in [7, 11) is 0. The molecule has 2 amide bonds. The first-order chi connectivity index (χ1) is 9.47. The van der Waals surface area contributed by atoms with Crippen LogP contribution in [0.3, 0.4) is 0 Å². The Hall–Kier alpha value is -2.04. The van der Waals surface area contributed by atoms with Gasteiger partial charge in [0.15, 0.2) is 0 Å². The van der Waals surface area contributed by atoms with Crippen LogP contribution in [0.4, 0.5) is 10.5 Å². The molecule has 1 saturated carbocycles. The van der Waals surface area contributed by atoms with Crippen LogP contribution in [0.25, 0.3) is 0 Å². The van der Waals surface area contributed by atoms with Gasteiger partial charge in [-0.25, -0.2) is 4.79 Å². The number of urea groups is 1. The minimum Gasteiger partial charge on any atom is -0.480 e. The van der Waals surface area contributed by atoms with Crippen molar-refractivity contribution < 1.29 is 14.7 Å². The van der Waals surface area contributed by atoms with Gasteiger partial charge in [0, 0.05) is 11.7 Å². The summed E-state index contributed by atoms with van der Waals surface area (Å²) < 4.78 is 0. The van der Waals surface area contributed by atoms with Crippen LogP contribution in [0.5, 0.6) is 0 Å². The number of carboxylic acids is 1. The summed E-state index contributed by atoms with van der Waals surface area (Å²) in [5.74, 6) is -0.603. The first kappa shape index (κ1) is 14.4. The topological polar surface area (TPSA) is 69.6 Å². The minimum atomic E-state index is -0.983. The van der Waals surface area contributed by atoms with Crippen LogP contribution in [0.2, 0.25) is 0 Å². The smallest absolute Gasteiger partial charge is 0.323 e. The zero-order chi connectivity index (χ0) is 14.7. The second-order valence-corrected chi connectivity index (χ2v) is 5.46. The van der Waals surface area contributed by atoms with Crippen LogP contribution in [0.15, 0.2) is 24.3 Å². The summed E-state index contributed by atoms with van der Waals surface area (Å²) in [4.78, 5) is 24.4. The first-order valence-electron chi connectivity index (χ1n) is 6.86. The lowest BCUT2D eigenvalue weighted by Gasteiger charge is -2.21. The van der Waals surface area contributed by atoms with Crippen molar-refractivity contribution in [2.45, 2.75) is 38.6 Å². The Morgan fingerprint density at radius 3 is 2.65 bits per heavy atom. The van der Waals surface area contributed by atoms with Gasteiger partial charge in [-0.15, -0.1) is 0 Å². The van der Waals surface area contributed by atoms with Crippen LogP contribution >= 0.6 is 0 Å². The molecule has 0 bridgehead atoms. The van der Waals surface area contributed by atoms with Gasteiger partial charge in [-0.1, -0.05) is 26.0 Å². The van der Waals surface area contributed by atoms with Crippen molar-refractivity contribution in [1.29, 1.82) is 0 Å². The van der Waals surface area contributed by atoms with Crippen LogP contribution < -0.4 is 5.32 Å². The van der Waals surface area contributed by atoms with Gasteiger partial charge in [-0.3, -0.25) is 4.79 Å². The maximum Gasteiger partial charge on any atom is 0.323 e. The van der Waals surface area contributed by atoms with E-state index in [0.717, 1.165) is 18.4 Å². The third kappa shape index (κ3) is 3.73. The first-order valence-corrected chi connectivity index (χ1v) is 6.86. The molecule has 1 aliphatic carbocycles. The lowest BCUT2D eigenvalue weighted by Crippen LogP contribution is -2.40. The molecule has 0 radical (unpaired) electrons. The van der Waals surface area contributed by atoms with E-state index in [0.29, 0.717) is 11.6 Å². The molecule has 2 rings (SSSR count). The summed E-state index contributed by atoms with van der Waals surface area (Å²) in [6.07, 6.45) is 1.76. The normalized spacial score (nSPS) is 14.2. The molecule has 0 saturated heterocycles. The molecular formula is C15H20N2O3. The molecule has 0 aliphatic heterocycles. The molecule has 0 aromatic heterocycles. The zero-order valence-corrected chi connectivity index (χ0v) is 11.8. The third-order valence-corrected chi connectivity index (χ3v) is 3.36. The van der Waals surface area contributed by atoms with Crippen molar-refractivity contribution in [3.63, 3.8) is 0 Å². The molecule has 1 aromatic carbocycles. The number of amides is 2. The highest BCUT2D eigenvalue weighted by Crippen LogP contribution is 2.27. The maximum absolute atomic E-state index is 12.2. The largest absolute Gasteiger partial charge is 0.480 e. The molecule has 2 N–H and O–H groups in total. The third-order valence-electron chi connectivity index (χ3n) is 3.36.